The van der Waals surface area contributed by atoms with Crippen LogP contribution >= 0.6 is 0 Å². The lowest BCUT2D eigenvalue weighted by molar-refractivity contribution is 0.232. The Balaban J connectivity index is 2.21. The van der Waals surface area contributed by atoms with Crippen molar-refractivity contribution in [3.8, 4) is 0 Å². The predicted octanol–water partition coefficient (Wildman–Crippen LogP) is 2.00. The third kappa shape index (κ3) is 2.96. The van der Waals surface area contributed by atoms with Gasteiger partial charge in [0.05, 0.1) is 0 Å². The summed E-state index contributed by atoms with van der Waals surface area (Å²) in [5.41, 5.74) is 6.60. The highest BCUT2D eigenvalue weighted by Crippen LogP contribution is 2.43. The monoisotopic (exact) mass is 198 g/mol. The molecule has 0 aliphatic heterocycles. The third-order valence-corrected chi connectivity index (χ3v) is 4.03. The summed E-state index contributed by atoms with van der Waals surface area (Å²) >= 11 is 0. The average Bonchev–Trinajstić information content (AvgIpc) is 2.85. The van der Waals surface area contributed by atoms with Gasteiger partial charge in [-0.3, -0.25) is 0 Å². The van der Waals surface area contributed by atoms with Crippen molar-refractivity contribution < 1.29 is 0 Å². The standard InChI is InChI=1S/C12H26N2/c1-10(2)11(3,4)8-14-9-12(7-13)5-6-12/h10,14H,5-9,13H2,1-4H3. The Hall–Kier alpha value is -0.0800. The highest BCUT2D eigenvalue weighted by molar-refractivity contribution is 4.96. The van der Waals surface area contributed by atoms with Crippen molar-refractivity contribution in [1.82, 2.24) is 5.32 Å². The van der Waals surface area contributed by atoms with Crippen molar-refractivity contribution in [3.63, 3.8) is 0 Å². The first kappa shape index (κ1) is 12.0. The van der Waals surface area contributed by atoms with Crippen LogP contribution in [0.4, 0.5) is 0 Å². The lowest BCUT2D eigenvalue weighted by Gasteiger charge is -2.30. The minimum atomic E-state index is 0.394. The van der Waals surface area contributed by atoms with Gasteiger partial charge in [0, 0.05) is 13.1 Å². The van der Waals surface area contributed by atoms with E-state index >= 15 is 0 Å². The Bertz CT molecular complexity index is 181. The molecule has 2 nitrogen and oxygen atoms in total. The Morgan fingerprint density at radius 1 is 1.36 bits per heavy atom. The first-order valence-electron chi connectivity index (χ1n) is 5.83. The van der Waals surface area contributed by atoms with Crippen LogP contribution in [-0.4, -0.2) is 19.6 Å². The minimum Gasteiger partial charge on any atom is -0.330 e. The largest absolute Gasteiger partial charge is 0.330 e. The number of rotatable bonds is 6. The molecule has 1 aliphatic rings. The van der Waals surface area contributed by atoms with Gasteiger partial charge in [-0.05, 0) is 36.1 Å². The van der Waals surface area contributed by atoms with Gasteiger partial charge >= 0.3 is 0 Å². The molecule has 0 aromatic heterocycles. The maximum atomic E-state index is 5.74. The second-order valence-electron chi connectivity index (χ2n) is 5.95. The molecular weight excluding hydrogens is 172 g/mol. The van der Waals surface area contributed by atoms with E-state index in [4.69, 9.17) is 5.73 Å². The van der Waals surface area contributed by atoms with E-state index in [1.54, 1.807) is 0 Å². The molecule has 0 atom stereocenters. The molecule has 1 aliphatic carbocycles. The summed E-state index contributed by atoms with van der Waals surface area (Å²) in [6.07, 6.45) is 2.64. The molecule has 1 rings (SSSR count). The quantitative estimate of drug-likeness (QED) is 0.685. The van der Waals surface area contributed by atoms with Gasteiger partial charge in [0.2, 0.25) is 0 Å². The van der Waals surface area contributed by atoms with Gasteiger partial charge in [0.15, 0.2) is 0 Å². The van der Waals surface area contributed by atoms with Crippen LogP contribution < -0.4 is 11.1 Å². The van der Waals surface area contributed by atoms with Crippen LogP contribution in [0.2, 0.25) is 0 Å². The first-order valence-corrected chi connectivity index (χ1v) is 5.83. The molecular formula is C12H26N2. The fraction of sp³-hybridized carbons (Fsp3) is 1.00. The Morgan fingerprint density at radius 3 is 2.29 bits per heavy atom. The summed E-state index contributed by atoms with van der Waals surface area (Å²) in [5, 5.41) is 3.58. The lowest BCUT2D eigenvalue weighted by Crippen LogP contribution is -2.38. The predicted molar refractivity (Wildman–Crippen MR) is 62.2 cm³/mol. The molecule has 1 saturated carbocycles. The average molecular weight is 198 g/mol. The summed E-state index contributed by atoms with van der Waals surface area (Å²) in [6, 6.07) is 0. The van der Waals surface area contributed by atoms with E-state index < -0.39 is 0 Å². The molecule has 0 aromatic rings. The van der Waals surface area contributed by atoms with E-state index in [1.165, 1.54) is 12.8 Å². The summed E-state index contributed by atoms with van der Waals surface area (Å²) in [7, 11) is 0. The van der Waals surface area contributed by atoms with Crippen LogP contribution in [0.1, 0.15) is 40.5 Å². The molecule has 0 radical (unpaired) electrons. The van der Waals surface area contributed by atoms with E-state index in [9.17, 15) is 0 Å². The maximum Gasteiger partial charge on any atom is 0.00201 e. The number of hydrogen-bond acceptors (Lipinski definition) is 2. The van der Waals surface area contributed by atoms with Crippen molar-refractivity contribution in [2.45, 2.75) is 40.5 Å². The molecule has 0 heterocycles. The number of nitrogens with two attached hydrogens (primary N) is 1. The van der Waals surface area contributed by atoms with Crippen LogP contribution in [0.25, 0.3) is 0 Å². The van der Waals surface area contributed by atoms with Crippen molar-refractivity contribution in [3.05, 3.63) is 0 Å². The summed E-state index contributed by atoms with van der Waals surface area (Å²) in [4.78, 5) is 0. The van der Waals surface area contributed by atoms with Crippen molar-refractivity contribution in [2.75, 3.05) is 19.6 Å². The zero-order valence-corrected chi connectivity index (χ0v) is 10.2. The van der Waals surface area contributed by atoms with E-state index in [-0.39, 0.29) is 0 Å². The third-order valence-electron chi connectivity index (χ3n) is 4.03. The molecule has 2 heteroatoms. The van der Waals surface area contributed by atoms with E-state index in [0.717, 1.165) is 25.6 Å². The van der Waals surface area contributed by atoms with E-state index in [2.05, 4.69) is 33.0 Å². The van der Waals surface area contributed by atoms with Crippen LogP contribution in [0, 0.1) is 16.7 Å². The van der Waals surface area contributed by atoms with Crippen molar-refractivity contribution in [2.24, 2.45) is 22.5 Å². The second-order valence-corrected chi connectivity index (χ2v) is 5.95. The molecule has 0 amide bonds. The summed E-state index contributed by atoms with van der Waals surface area (Å²) in [5.74, 6) is 0.725. The van der Waals surface area contributed by atoms with Gasteiger partial charge in [-0.25, -0.2) is 0 Å². The highest BCUT2D eigenvalue weighted by Gasteiger charge is 2.40. The summed E-state index contributed by atoms with van der Waals surface area (Å²) in [6.45, 7) is 12.3. The molecule has 1 fully saturated rings. The van der Waals surface area contributed by atoms with Crippen LogP contribution in [0.15, 0.2) is 0 Å². The van der Waals surface area contributed by atoms with Gasteiger partial charge in [-0.2, -0.15) is 0 Å². The van der Waals surface area contributed by atoms with E-state index in [0.29, 0.717) is 10.8 Å². The number of hydrogen-bond donors (Lipinski definition) is 2. The Morgan fingerprint density at radius 2 is 1.93 bits per heavy atom. The Kier molecular flexibility index (Phi) is 3.59. The van der Waals surface area contributed by atoms with Gasteiger partial charge in [0.1, 0.15) is 0 Å². The van der Waals surface area contributed by atoms with Crippen LogP contribution in [-0.2, 0) is 0 Å². The number of nitrogens with one attached hydrogen (secondary N) is 1. The summed E-state index contributed by atoms with van der Waals surface area (Å²) < 4.78 is 0. The SMILES string of the molecule is CC(C)C(C)(C)CNCC1(CN)CC1. The minimum absolute atomic E-state index is 0.394. The molecule has 3 N–H and O–H groups in total. The molecule has 0 aromatic carbocycles. The van der Waals surface area contributed by atoms with Crippen molar-refractivity contribution >= 4 is 0 Å². The normalized spacial score (nSPS) is 20.1. The molecule has 0 bridgehead atoms. The maximum absolute atomic E-state index is 5.74. The molecule has 0 unspecified atom stereocenters. The topological polar surface area (TPSA) is 38.0 Å². The van der Waals surface area contributed by atoms with Gasteiger partial charge in [-0.1, -0.05) is 27.7 Å². The smallest absolute Gasteiger partial charge is 0.00201 e. The molecule has 0 saturated heterocycles. The lowest BCUT2D eigenvalue weighted by atomic mass is 9.81. The van der Waals surface area contributed by atoms with Crippen molar-refractivity contribution in [1.29, 1.82) is 0 Å². The fourth-order valence-corrected chi connectivity index (χ4v) is 1.48. The zero-order chi connectivity index (χ0) is 10.8. The molecule has 14 heavy (non-hydrogen) atoms. The molecule has 0 spiro atoms. The highest BCUT2D eigenvalue weighted by atomic mass is 14.9. The van der Waals surface area contributed by atoms with Crippen LogP contribution in [0.3, 0.4) is 0 Å². The van der Waals surface area contributed by atoms with E-state index in [1.807, 2.05) is 0 Å². The fourth-order valence-electron chi connectivity index (χ4n) is 1.48. The second kappa shape index (κ2) is 4.19. The van der Waals surface area contributed by atoms with Gasteiger partial charge < -0.3 is 11.1 Å². The Labute approximate surface area is 88.6 Å². The first-order chi connectivity index (χ1) is 6.42. The van der Waals surface area contributed by atoms with Gasteiger partial charge in [0.25, 0.3) is 0 Å². The van der Waals surface area contributed by atoms with Crippen LogP contribution in [0.5, 0.6) is 0 Å². The molecule has 84 valence electrons. The zero-order valence-electron chi connectivity index (χ0n) is 10.2. The van der Waals surface area contributed by atoms with Gasteiger partial charge in [-0.15, -0.1) is 0 Å².